The van der Waals surface area contributed by atoms with Gasteiger partial charge in [0.2, 0.25) is 5.95 Å². The number of anilines is 1. The topological polar surface area (TPSA) is 202 Å². The second kappa shape index (κ2) is 12.9. The third-order valence-corrected chi connectivity index (χ3v) is 9.63. The molecule has 6 atom stereocenters. The van der Waals surface area contributed by atoms with E-state index in [0.717, 1.165) is 5.52 Å². The maximum absolute atomic E-state index is 13.6. The van der Waals surface area contributed by atoms with Crippen molar-refractivity contribution >= 4 is 39.9 Å². The van der Waals surface area contributed by atoms with Gasteiger partial charge in [0.25, 0.3) is 0 Å². The molecule has 0 bridgehead atoms. The lowest BCUT2D eigenvalue weighted by atomic mass is 9.69. The first-order valence-corrected chi connectivity index (χ1v) is 15.9. The summed E-state index contributed by atoms with van der Waals surface area (Å²) in [7, 11) is 0. The predicted octanol–water partition coefficient (Wildman–Crippen LogP) is 2.85. The van der Waals surface area contributed by atoms with E-state index in [1.54, 1.807) is 12.1 Å². The number of aliphatic hydroxyl groups excluding tert-OH is 1. The highest BCUT2D eigenvalue weighted by atomic mass is 16.5. The molecule has 0 spiro atoms. The molecule has 13 heteroatoms. The van der Waals surface area contributed by atoms with Gasteiger partial charge in [0, 0.05) is 30.2 Å². The van der Waals surface area contributed by atoms with E-state index in [1.807, 2.05) is 57.2 Å². The first-order valence-electron chi connectivity index (χ1n) is 15.9. The lowest BCUT2D eigenvalue weighted by Gasteiger charge is -2.51. The molecule has 0 saturated heterocycles. The molecule has 248 valence electrons. The molecule has 1 saturated carbocycles. The Hall–Kier alpha value is -4.17. The van der Waals surface area contributed by atoms with Crippen molar-refractivity contribution in [2.45, 2.75) is 81.9 Å². The minimum absolute atomic E-state index is 0.0833. The molecule has 1 fully saturated rings. The van der Waals surface area contributed by atoms with Crippen LogP contribution in [0.1, 0.15) is 57.3 Å². The number of rotatable bonds is 12. The third kappa shape index (κ3) is 5.26. The maximum atomic E-state index is 13.6. The van der Waals surface area contributed by atoms with Crippen molar-refractivity contribution in [1.29, 1.82) is 0 Å². The quantitative estimate of drug-likeness (QED) is 0.108. The van der Waals surface area contributed by atoms with Gasteiger partial charge >= 0.3 is 12.0 Å². The number of unbranched alkanes of at least 4 members (excludes halogenated alkanes) is 1. The number of imidazole rings is 1. The van der Waals surface area contributed by atoms with Gasteiger partial charge in [-0.25, -0.2) is 14.6 Å². The summed E-state index contributed by atoms with van der Waals surface area (Å²) < 4.78 is 5.80. The molecule has 5 rings (SSSR count). The zero-order valence-corrected chi connectivity index (χ0v) is 26.7. The van der Waals surface area contributed by atoms with Gasteiger partial charge in [-0.1, -0.05) is 50.1 Å². The number of H-pyrrole nitrogens is 2. The Labute approximate surface area is 267 Å². The van der Waals surface area contributed by atoms with Crippen LogP contribution in [0.3, 0.4) is 0 Å². The van der Waals surface area contributed by atoms with E-state index in [9.17, 15) is 24.9 Å². The smallest absolute Gasteiger partial charge is 0.340 e. The highest BCUT2D eigenvalue weighted by Gasteiger charge is 2.77. The Morgan fingerprint density at radius 3 is 2.41 bits per heavy atom. The van der Waals surface area contributed by atoms with Gasteiger partial charge in [-0.2, -0.15) is 0 Å². The molecular formula is C33H45N7O6. The summed E-state index contributed by atoms with van der Waals surface area (Å²) in [5.74, 6) is -0.501. The molecule has 2 aromatic heterocycles. The number of benzene rings is 2. The van der Waals surface area contributed by atoms with E-state index in [4.69, 9.17) is 10.5 Å². The van der Waals surface area contributed by atoms with Crippen LogP contribution in [0.25, 0.3) is 21.9 Å². The molecule has 0 unspecified atom stereocenters. The molecule has 1 aliphatic carbocycles. The summed E-state index contributed by atoms with van der Waals surface area (Å²) in [4.78, 5) is 39.4. The average molecular weight is 636 g/mol. The van der Waals surface area contributed by atoms with Crippen molar-refractivity contribution in [2.75, 3.05) is 25.0 Å². The normalized spacial score (nSPS) is 26.7. The number of aliphatic hydroxyl groups is 3. The van der Waals surface area contributed by atoms with Gasteiger partial charge in [0.15, 0.2) is 5.60 Å². The zero-order valence-electron chi connectivity index (χ0n) is 26.7. The number of esters is 1. The lowest BCUT2D eigenvalue weighted by molar-refractivity contribution is -0.199. The van der Waals surface area contributed by atoms with Crippen LogP contribution < -0.4 is 16.4 Å². The van der Waals surface area contributed by atoms with Crippen molar-refractivity contribution in [3.05, 3.63) is 60.3 Å². The van der Waals surface area contributed by atoms with Gasteiger partial charge in [-0.05, 0) is 45.4 Å². The second-order valence-electron chi connectivity index (χ2n) is 12.1. The van der Waals surface area contributed by atoms with Gasteiger partial charge in [-0.3, -0.25) is 0 Å². The molecule has 0 aliphatic heterocycles. The largest absolute Gasteiger partial charge is 0.459 e. The number of amides is 2. The van der Waals surface area contributed by atoms with Gasteiger partial charge in [0.1, 0.15) is 17.7 Å². The van der Waals surface area contributed by atoms with E-state index in [1.165, 1.54) is 18.0 Å². The molecule has 13 nitrogen and oxygen atoms in total. The van der Waals surface area contributed by atoms with Crippen LogP contribution in [0, 0.1) is 0 Å². The van der Waals surface area contributed by atoms with Crippen molar-refractivity contribution < 1.29 is 29.6 Å². The summed E-state index contributed by atoms with van der Waals surface area (Å²) in [5.41, 5.74) is 2.67. The first-order chi connectivity index (χ1) is 22.0. The minimum atomic E-state index is -2.34. The SMILES string of the molecule is CCCC[C@@]1(O)[C@](NC(=O)N(CC)CC)([C@H](C)O)[C@@H](N)[C@H](Nc2nc3ccccc3[nH]2)[C@]1(O)COC(=O)c1c[nH]c2ccccc12. The van der Waals surface area contributed by atoms with Crippen molar-refractivity contribution in [1.82, 2.24) is 25.2 Å². The van der Waals surface area contributed by atoms with E-state index >= 15 is 0 Å². The van der Waals surface area contributed by atoms with Crippen LogP contribution in [0.5, 0.6) is 0 Å². The van der Waals surface area contributed by atoms with Crippen LogP contribution in [0.2, 0.25) is 0 Å². The molecule has 2 amide bonds. The Morgan fingerprint density at radius 2 is 1.76 bits per heavy atom. The number of ether oxygens (including phenoxy) is 1. The van der Waals surface area contributed by atoms with Gasteiger partial charge in [-0.15, -0.1) is 0 Å². The maximum Gasteiger partial charge on any atom is 0.340 e. The Kier molecular flexibility index (Phi) is 9.32. The molecule has 0 radical (unpaired) electrons. The fourth-order valence-corrected chi connectivity index (χ4v) is 7.07. The zero-order chi connectivity index (χ0) is 33.3. The minimum Gasteiger partial charge on any atom is -0.459 e. The number of hydrogen-bond acceptors (Lipinski definition) is 9. The summed E-state index contributed by atoms with van der Waals surface area (Å²) in [6.07, 6.45) is 0.997. The van der Waals surface area contributed by atoms with E-state index < -0.39 is 53.5 Å². The van der Waals surface area contributed by atoms with Crippen LogP contribution in [0.15, 0.2) is 54.7 Å². The number of aromatic amines is 2. The average Bonchev–Trinajstić information content (AvgIpc) is 3.70. The van der Waals surface area contributed by atoms with Crippen LogP contribution in [-0.2, 0) is 4.74 Å². The number of nitrogens with one attached hydrogen (secondary N) is 4. The number of nitrogens with zero attached hydrogens (tertiary/aromatic N) is 2. The lowest BCUT2D eigenvalue weighted by Crippen LogP contribution is -2.77. The number of urea groups is 1. The van der Waals surface area contributed by atoms with Crippen molar-refractivity contribution in [2.24, 2.45) is 5.73 Å². The van der Waals surface area contributed by atoms with Gasteiger partial charge < -0.3 is 51.3 Å². The fraction of sp³-hybridized carbons (Fsp3) is 0.485. The molecule has 4 aromatic rings. The molecule has 2 aromatic carbocycles. The standard InChI is InChI=1S/C33H45N7O6/c1-5-8-17-32(45)31(44,19-46-28(42)22-18-35-23-14-10-9-13-21(22)23)27(38-29-36-24-15-11-12-16-25(24)37-29)26(34)33(32,20(4)41)39-30(43)40(6-2)7-3/h9-16,18,20,26-27,35,41,44-45H,5-8,17,19,34H2,1-4H3,(H,39,43)(H2,36,37,38)/t20-,26-,27-,31+,32-,33-/m0/s1. The third-order valence-electron chi connectivity index (χ3n) is 9.63. The Bertz CT molecular complexity index is 1650. The Morgan fingerprint density at radius 1 is 1.09 bits per heavy atom. The Balaban J connectivity index is 1.62. The van der Waals surface area contributed by atoms with Crippen LogP contribution in [-0.4, -0.2) is 102 Å². The monoisotopic (exact) mass is 635 g/mol. The summed E-state index contributed by atoms with van der Waals surface area (Å²) in [6, 6.07) is 11.4. The number of carbonyl (C=O) groups excluding carboxylic acids is 2. The van der Waals surface area contributed by atoms with E-state index in [-0.39, 0.29) is 17.9 Å². The van der Waals surface area contributed by atoms with Crippen LogP contribution >= 0.6 is 0 Å². The molecular weight excluding hydrogens is 590 g/mol. The molecule has 9 N–H and O–H groups in total. The summed E-state index contributed by atoms with van der Waals surface area (Å²) >= 11 is 0. The van der Waals surface area contributed by atoms with Crippen LogP contribution in [0.4, 0.5) is 10.7 Å². The van der Waals surface area contributed by atoms with Crippen molar-refractivity contribution in [3.63, 3.8) is 0 Å². The highest BCUT2D eigenvalue weighted by molar-refractivity contribution is 6.04. The molecule has 1 aliphatic rings. The number of para-hydroxylation sites is 3. The number of aromatic nitrogens is 3. The summed E-state index contributed by atoms with van der Waals surface area (Å²) in [5, 5.41) is 43.9. The highest BCUT2D eigenvalue weighted by Crippen LogP contribution is 2.52. The van der Waals surface area contributed by atoms with Gasteiger partial charge in [0.05, 0.1) is 34.8 Å². The second-order valence-corrected chi connectivity index (χ2v) is 12.1. The fourth-order valence-electron chi connectivity index (χ4n) is 7.07. The predicted molar refractivity (Wildman–Crippen MR) is 175 cm³/mol. The number of nitrogens with two attached hydrogens (primary N) is 1. The molecule has 46 heavy (non-hydrogen) atoms. The number of carbonyl (C=O) groups is 2. The first kappa shape index (κ1) is 33.2. The van der Waals surface area contributed by atoms with E-state index in [2.05, 4.69) is 25.6 Å². The van der Waals surface area contributed by atoms with E-state index in [0.29, 0.717) is 42.4 Å². The summed E-state index contributed by atoms with van der Waals surface area (Å²) in [6.45, 7) is 6.94. The molecule has 2 heterocycles. The number of fused-ring (bicyclic) bond motifs is 2. The number of hydrogen-bond donors (Lipinski definition) is 8. The van der Waals surface area contributed by atoms with Crippen molar-refractivity contribution in [3.8, 4) is 0 Å².